The summed E-state index contributed by atoms with van der Waals surface area (Å²) in [5.41, 5.74) is 2.26. The van der Waals surface area contributed by atoms with Gasteiger partial charge in [0.15, 0.2) is 0 Å². The van der Waals surface area contributed by atoms with Gasteiger partial charge in [-0.05, 0) is 25.5 Å². The minimum absolute atomic E-state index is 0. The Morgan fingerprint density at radius 2 is 2.18 bits per heavy atom. The minimum Gasteiger partial charge on any atom is -0.258 e. The summed E-state index contributed by atoms with van der Waals surface area (Å²) in [5.74, 6) is 0. The zero-order valence-corrected chi connectivity index (χ0v) is 9.68. The van der Waals surface area contributed by atoms with E-state index in [2.05, 4.69) is 20.9 Å². The highest BCUT2D eigenvalue weighted by molar-refractivity contribution is 9.09. The molecule has 1 rings (SSSR count). The molecule has 0 aromatic carbocycles. The van der Waals surface area contributed by atoms with E-state index in [1.54, 1.807) is 0 Å². The van der Waals surface area contributed by atoms with Gasteiger partial charge in [0, 0.05) is 16.7 Å². The first kappa shape index (κ1) is 11.1. The number of aryl methyl sites for hydroxylation is 2. The van der Waals surface area contributed by atoms with Gasteiger partial charge >= 0.3 is 0 Å². The second kappa shape index (κ2) is 5.72. The van der Waals surface area contributed by atoms with Crippen LogP contribution in [0.2, 0.25) is 0 Å². The number of halogens is 2. The standard InChI is InChI=1S/C8H10BrN.BrH/c1-7-3-2-4-8(10-7)5-6-9;/h2-4H,5-6H2,1H3;1H. The van der Waals surface area contributed by atoms with Crippen LogP contribution in [0.5, 0.6) is 0 Å². The molecule has 0 aliphatic heterocycles. The van der Waals surface area contributed by atoms with Crippen LogP contribution >= 0.6 is 32.9 Å². The first-order valence-electron chi connectivity index (χ1n) is 3.31. The monoisotopic (exact) mass is 279 g/mol. The van der Waals surface area contributed by atoms with E-state index in [1.165, 1.54) is 0 Å². The summed E-state index contributed by atoms with van der Waals surface area (Å²) in [6, 6.07) is 6.10. The molecule has 0 saturated heterocycles. The van der Waals surface area contributed by atoms with Crippen LogP contribution in [-0.2, 0) is 6.42 Å². The van der Waals surface area contributed by atoms with Gasteiger partial charge in [-0.15, -0.1) is 17.0 Å². The van der Waals surface area contributed by atoms with Gasteiger partial charge in [-0.25, -0.2) is 0 Å². The molecule has 0 N–H and O–H groups in total. The SMILES string of the molecule is Br.Cc1cccc(CCBr)n1. The molecule has 0 spiro atoms. The van der Waals surface area contributed by atoms with Crippen LogP contribution in [0.15, 0.2) is 18.2 Å². The van der Waals surface area contributed by atoms with Gasteiger partial charge in [-0.3, -0.25) is 4.98 Å². The van der Waals surface area contributed by atoms with Crippen molar-refractivity contribution in [2.24, 2.45) is 0 Å². The van der Waals surface area contributed by atoms with Gasteiger partial charge in [0.05, 0.1) is 0 Å². The van der Waals surface area contributed by atoms with Gasteiger partial charge in [0.25, 0.3) is 0 Å². The normalized spacial score (nSPS) is 8.91. The molecule has 0 fully saturated rings. The Kier molecular flexibility index (Phi) is 5.78. The average molecular weight is 281 g/mol. The summed E-state index contributed by atoms with van der Waals surface area (Å²) in [5, 5.41) is 0.990. The lowest BCUT2D eigenvalue weighted by molar-refractivity contribution is 1.02. The molecular formula is C8H11Br2N. The fourth-order valence-electron chi connectivity index (χ4n) is 0.836. The third kappa shape index (κ3) is 3.87. The van der Waals surface area contributed by atoms with Crippen molar-refractivity contribution < 1.29 is 0 Å². The zero-order valence-electron chi connectivity index (χ0n) is 6.38. The van der Waals surface area contributed by atoms with Crippen LogP contribution in [0.25, 0.3) is 0 Å². The Morgan fingerprint density at radius 1 is 1.45 bits per heavy atom. The molecule has 0 unspecified atom stereocenters. The summed E-state index contributed by atoms with van der Waals surface area (Å²) in [4.78, 5) is 4.33. The Balaban J connectivity index is 0.000001000. The Labute approximate surface area is 86.1 Å². The Hall–Kier alpha value is 0.110. The molecule has 0 amide bonds. The molecule has 0 saturated carbocycles. The first-order chi connectivity index (χ1) is 4.83. The lowest BCUT2D eigenvalue weighted by atomic mass is 10.3. The van der Waals surface area contributed by atoms with E-state index in [1.807, 2.05) is 25.1 Å². The summed E-state index contributed by atoms with van der Waals surface area (Å²) >= 11 is 3.37. The number of pyridine rings is 1. The molecule has 1 heterocycles. The number of hydrogen-bond acceptors (Lipinski definition) is 1. The summed E-state index contributed by atoms with van der Waals surface area (Å²) in [7, 11) is 0. The van der Waals surface area contributed by atoms with Gasteiger partial charge in [-0.2, -0.15) is 0 Å². The predicted molar refractivity (Wildman–Crippen MR) is 56.8 cm³/mol. The molecular weight excluding hydrogens is 270 g/mol. The molecule has 1 aromatic heterocycles. The first-order valence-corrected chi connectivity index (χ1v) is 4.43. The Morgan fingerprint density at radius 3 is 2.73 bits per heavy atom. The maximum Gasteiger partial charge on any atom is 0.0415 e. The van der Waals surface area contributed by atoms with Gasteiger partial charge in [-0.1, -0.05) is 22.0 Å². The quantitative estimate of drug-likeness (QED) is 0.759. The van der Waals surface area contributed by atoms with Crippen molar-refractivity contribution in [1.29, 1.82) is 0 Å². The van der Waals surface area contributed by atoms with E-state index >= 15 is 0 Å². The van der Waals surface area contributed by atoms with Crippen LogP contribution in [-0.4, -0.2) is 10.3 Å². The summed E-state index contributed by atoms with van der Waals surface area (Å²) < 4.78 is 0. The largest absolute Gasteiger partial charge is 0.258 e. The van der Waals surface area contributed by atoms with Crippen molar-refractivity contribution in [1.82, 2.24) is 4.98 Å². The second-order valence-electron chi connectivity index (χ2n) is 2.21. The van der Waals surface area contributed by atoms with E-state index in [0.717, 1.165) is 23.1 Å². The molecule has 0 aliphatic carbocycles. The van der Waals surface area contributed by atoms with Crippen molar-refractivity contribution in [2.45, 2.75) is 13.3 Å². The van der Waals surface area contributed by atoms with E-state index in [9.17, 15) is 0 Å². The van der Waals surface area contributed by atoms with Gasteiger partial charge in [0.1, 0.15) is 0 Å². The van der Waals surface area contributed by atoms with E-state index < -0.39 is 0 Å². The van der Waals surface area contributed by atoms with Crippen LogP contribution in [0.1, 0.15) is 11.4 Å². The smallest absolute Gasteiger partial charge is 0.0415 e. The second-order valence-corrected chi connectivity index (χ2v) is 3.00. The maximum absolute atomic E-state index is 4.33. The number of aromatic nitrogens is 1. The number of hydrogen-bond donors (Lipinski definition) is 0. The number of rotatable bonds is 2. The van der Waals surface area contributed by atoms with Crippen LogP contribution in [0.4, 0.5) is 0 Å². The topological polar surface area (TPSA) is 12.9 Å². The highest BCUT2D eigenvalue weighted by Crippen LogP contribution is 2.00. The molecule has 0 aliphatic rings. The van der Waals surface area contributed by atoms with E-state index in [0.29, 0.717) is 0 Å². The third-order valence-corrected chi connectivity index (χ3v) is 1.69. The summed E-state index contributed by atoms with van der Waals surface area (Å²) in [6.07, 6.45) is 1.02. The highest BCUT2D eigenvalue weighted by atomic mass is 79.9. The van der Waals surface area contributed by atoms with Crippen molar-refractivity contribution in [2.75, 3.05) is 5.33 Å². The molecule has 1 aromatic rings. The molecule has 1 nitrogen and oxygen atoms in total. The summed E-state index contributed by atoms with van der Waals surface area (Å²) in [6.45, 7) is 2.01. The zero-order chi connectivity index (χ0) is 7.40. The highest BCUT2D eigenvalue weighted by Gasteiger charge is 1.91. The molecule has 0 radical (unpaired) electrons. The maximum atomic E-state index is 4.33. The minimum atomic E-state index is 0. The lowest BCUT2D eigenvalue weighted by Crippen LogP contribution is -1.91. The van der Waals surface area contributed by atoms with Crippen LogP contribution < -0.4 is 0 Å². The van der Waals surface area contributed by atoms with Crippen molar-refractivity contribution in [3.05, 3.63) is 29.6 Å². The van der Waals surface area contributed by atoms with Crippen molar-refractivity contribution >= 4 is 32.9 Å². The molecule has 62 valence electrons. The van der Waals surface area contributed by atoms with Gasteiger partial charge < -0.3 is 0 Å². The molecule has 0 bridgehead atoms. The van der Waals surface area contributed by atoms with Crippen LogP contribution in [0.3, 0.4) is 0 Å². The number of alkyl halides is 1. The molecule has 11 heavy (non-hydrogen) atoms. The predicted octanol–water partition coefficient (Wildman–Crippen LogP) is 2.91. The number of nitrogens with zero attached hydrogens (tertiary/aromatic N) is 1. The average Bonchev–Trinajstić information content (AvgIpc) is 1.88. The molecule has 3 heteroatoms. The lowest BCUT2D eigenvalue weighted by Gasteiger charge is -1.96. The fourth-order valence-corrected chi connectivity index (χ4v) is 1.24. The van der Waals surface area contributed by atoms with E-state index in [-0.39, 0.29) is 17.0 Å². The molecule has 0 atom stereocenters. The van der Waals surface area contributed by atoms with E-state index in [4.69, 9.17) is 0 Å². The third-order valence-electron chi connectivity index (χ3n) is 1.30. The van der Waals surface area contributed by atoms with Crippen LogP contribution in [0, 0.1) is 6.92 Å². The van der Waals surface area contributed by atoms with Crippen molar-refractivity contribution in [3.63, 3.8) is 0 Å². The van der Waals surface area contributed by atoms with Gasteiger partial charge in [0.2, 0.25) is 0 Å². The fraction of sp³-hybridized carbons (Fsp3) is 0.375. The van der Waals surface area contributed by atoms with Crippen molar-refractivity contribution in [3.8, 4) is 0 Å². The Bertz CT molecular complexity index is 213.